The van der Waals surface area contributed by atoms with Crippen molar-refractivity contribution in [1.29, 1.82) is 0 Å². The van der Waals surface area contributed by atoms with Crippen molar-refractivity contribution in [1.82, 2.24) is 20.2 Å². The number of aromatic carboxylic acids is 1. The Morgan fingerprint density at radius 3 is 2.69 bits per heavy atom. The maximum atomic E-state index is 15.1. The zero-order valence-corrected chi connectivity index (χ0v) is 21.3. The predicted molar refractivity (Wildman–Crippen MR) is 142 cm³/mol. The summed E-state index contributed by atoms with van der Waals surface area (Å²) in [6, 6.07) is 10.0. The average Bonchev–Trinajstić information content (AvgIpc) is 3.40. The standard InChI is InChI=1S/C29H25FN4O5/c1-15-9-17(3-6-31-15)26-19-10-18-14-32-34-23(18)12-20(19)28(33-27(26)16-4-7-38-8-5-16)39-25-13-24(37-2)21(29(35)36)11-22(25)30/h3,6,9-14,16H,4-5,7-8H2,1-2H3,(H,32,34)(H,35,36). The van der Waals surface area contributed by atoms with E-state index in [0.29, 0.717) is 18.6 Å². The number of nitrogens with one attached hydrogen (secondary N) is 1. The van der Waals surface area contributed by atoms with Gasteiger partial charge in [-0.2, -0.15) is 5.10 Å². The molecular weight excluding hydrogens is 503 g/mol. The number of carboxylic acid groups (broad SMARTS) is 1. The number of carboxylic acids is 1. The lowest BCUT2D eigenvalue weighted by atomic mass is 9.87. The minimum atomic E-state index is -1.30. The van der Waals surface area contributed by atoms with Crippen molar-refractivity contribution < 1.29 is 28.5 Å². The number of pyridine rings is 2. The van der Waals surface area contributed by atoms with Crippen LogP contribution in [-0.2, 0) is 4.74 Å². The van der Waals surface area contributed by atoms with E-state index in [9.17, 15) is 9.90 Å². The average molecular weight is 529 g/mol. The molecule has 0 amide bonds. The fraction of sp³-hybridized carbons (Fsp3) is 0.241. The molecule has 198 valence electrons. The number of fused-ring (bicyclic) bond motifs is 2. The lowest BCUT2D eigenvalue weighted by Gasteiger charge is -2.26. The van der Waals surface area contributed by atoms with E-state index < -0.39 is 11.8 Å². The number of aromatic amines is 1. The first-order valence-electron chi connectivity index (χ1n) is 12.5. The summed E-state index contributed by atoms with van der Waals surface area (Å²) in [5, 5.41) is 19.0. The molecule has 2 aromatic carbocycles. The van der Waals surface area contributed by atoms with E-state index in [1.165, 1.54) is 13.2 Å². The molecule has 0 radical (unpaired) electrons. The van der Waals surface area contributed by atoms with Gasteiger partial charge in [0.1, 0.15) is 11.3 Å². The number of benzene rings is 2. The largest absolute Gasteiger partial charge is 0.496 e. The van der Waals surface area contributed by atoms with Crippen LogP contribution in [-0.4, -0.2) is 51.6 Å². The zero-order valence-electron chi connectivity index (χ0n) is 21.3. The molecule has 1 aliphatic rings. The fourth-order valence-corrected chi connectivity index (χ4v) is 5.14. The third-order valence-electron chi connectivity index (χ3n) is 7.04. The third kappa shape index (κ3) is 4.52. The summed E-state index contributed by atoms with van der Waals surface area (Å²) in [5.41, 5.74) is 4.08. The Labute approximate surface area is 222 Å². The number of H-pyrrole nitrogens is 1. The van der Waals surface area contributed by atoms with Gasteiger partial charge in [0.25, 0.3) is 0 Å². The number of hydrogen-bond donors (Lipinski definition) is 2. The van der Waals surface area contributed by atoms with Crippen LogP contribution in [0.2, 0.25) is 0 Å². The van der Waals surface area contributed by atoms with Gasteiger partial charge in [0.15, 0.2) is 11.6 Å². The highest BCUT2D eigenvalue weighted by molar-refractivity contribution is 6.06. The molecule has 9 nitrogen and oxygen atoms in total. The quantitative estimate of drug-likeness (QED) is 0.275. The highest BCUT2D eigenvalue weighted by atomic mass is 19.1. The van der Waals surface area contributed by atoms with E-state index in [0.717, 1.165) is 57.7 Å². The Morgan fingerprint density at radius 1 is 1.13 bits per heavy atom. The second-order valence-electron chi connectivity index (χ2n) is 9.49. The Balaban J connectivity index is 1.63. The number of nitrogens with zero attached hydrogens (tertiary/aromatic N) is 3. The molecule has 0 aliphatic carbocycles. The van der Waals surface area contributed by atoms with Crippen LogP contribution in [0, 0.1) is 12.7 Å². The van der Waals surface area contributed by atoms with Gasteiger partial charge >= 0.3 is 5.97 Å². The monoisotopic (exact) mass is 528 g/mol. The van der Waals surface area contributed by atoms with E-state index in [1.54, 1.807) is 12.4 Å². The molecule has 10 heteroatoms. The van der Waals surface area contributed by atoms with Crippen LogP contribution >= 0.6 is 0 Å². The van der Waals surface area contributed by atoms with Crippen molar-refractivity contribution in [3.63, 3.8) is 0 Å². The van der Waals surface area contributed by atoms with Crippen LogP contribution in [0.3, 0.4) is 0 Å². The molecule has 0 spiro atoms. The number of ether oxygens (including phenoxy) is 3. The summed E-state index contributed by atoms with van der Waals surface area (Å²) in [4.78, 5) is 21.0. The molecule has 0 saturated carbocycles. The van der Waals surface area contributed by atoms with E-state index in [4.69, 9.17) is 19.2 Å². The molecule has 6 rings (SSSR count). The maximum absolute atomic E-state index is 15.1. The molecule has 3 aromatic heterocycles. The molecule has 2 N–H and O–H groups in total. The van der Waals surface area contributed by atoms with Gasteiger partial charge in [-0.05, 0) is 61.0 Å². The molecule has 5 aromatic rings. The number of carbonyl (C=O) groups is 1. The normalized spacial score (nSPS) is 14.1. The van der Waals surface area contributed by atoms with Crippen LogP contribution in [0.4, 0.5) is 4.39 Å². The Kier molecular flexibility index (Phi) is 6.32. The summed E-state index contributed by atoms with van der Waals surface area (Å²) in [7, 11) is 1.32. The van der Waals surface area contributed by atoms with E-state index in [1.807, 2.05) is 31.2 Å². The lowest BCUT2D eigenvalue weighted by molar-refractivity contribution is 0.0692. The van der Waals surface area contributed by atoms with Crippen LogP contribution in [0.15, 0.2) is 48.8 Å². The molecule has 1 saturated heterocycles. The molecule has 0 unspecified atom stereocenters. The molecule has 1 aliphatic heterocycles. The first-order valence-corrected chi connectivity index (χ1v) is 12.5. The van der Waals surface area contributed by atoms with Gasteiger partial charge < -0.3 is 19.3 Å². The number of aromatic nitrogens is 4. The summed E-state index contributed by atoms with van der Waals surface area (Å²) in [6.45, 7) is 3.16. The second-order valence-corrected chi connectivity index (χ2v) is 9.49. The maximum Gasteiger partial charge on any atom is 0.339 e. The second kappa shape index (κ2) is 9.95. The van der Waals surface area contributed by atoms with Crippen LogP contribution in [0.25, 0.3) is 32.8 Å². The minimum absolute atomic E-state index is 0.0207. The molecule has 4 heterocycles. The molecule has 1 fully saturated rings. The van der Waals surface area contributed by atoms with E-state index in [-0.39, 0.29) is 28.9 Å². The highest BCUT2D eigenvalue weighted by Gasteiger charge is 2.27. The first kappa shape index (κ1) is 24.7. The van der Waals surface area contributed by atoms with Crippen molar-refractivity contribution in [2.45, 2.75) is 25.7 Å². The minimum Gasteiger partial charge on any atom is -0.496 e. The smallest absolute Gasteiger partial charge is 0.339 e. The number of rotatable bonds is 6. The van der Waals surface area contributed by atoms with Crippen molar-refractivity contribution in [3.05, 3.63) is 71.6 Å². The Hall–Kier alpha value is -4.57. The summed E-state index contributed by atoms with van der Waals surface area (Å²) in [5.74, 6) is -2.08. The number of aryl methyl sites for hydroxylation is 1. The lowest BCUT2D eigenvalue weighted by Crippen LogP contribution is -2.16. The van der Waals surface area contributed by atoms with Crippen LogP contribution < -0.4 is 9.47 Å². The van der Waals surface area contributed by atoms with Crippen molar-refractivity contribution in [2.24, 2.45) is 0 Å². The van der Waals surface area contributed by atoms with Gasteiger partial charge in [0.05, 0.1) is 24.5 Å². The first-order chi connectivity index (χ1) is 18.9. The van der Waals surface area contributed by atoms with E-state index >= 15 is 4.39 Å². The van der Waals surface area contributed by atoms with Gasteiger partial charge in [0, 0.05) is 53.4 Å². The molecule has 0 bridgehead atoms. The third-order valence-corrected chi connectivity index (χ3v) is 7.04. The highest BCUT2D eigenvalue weighted by Crippen LogP contribution is 2.44. The summed E-state index contributed by atoms with van der Waals surface area (Å²) < 4.78 is 32.1. The molecule has 0 atom stereocenters. The van der Waals surface area contributed by atoms with Crippen molar-refractivity contribution in [3.8, 4) is 28.5 Å². The molecule has 39 heavy (non-hydrogen) atoms. The van der Waals surface area contributed by atoms with Gasteiger partial charge in [-0.25, -0.2) is 14.2 Å². The predicted octanol–water partition coefficient (Wildman–Crippen LogP) is 6.01. The van der Waals surface area contributed by atoms with Crippen LogP contribution in [0.5, 0.6) is 17.4 Å². The van der Waals surface area contributed by atoms with Gasteiger partial charge in [0.2, 0.25) is 5.88 Å². The summed E-state index contributed by atoms with van der Waals surface area (Å²) in [6.07, 6.45) is 5.08. The topological polar surface area (TPSA) is 119 Å². The number of methoxy groups -OCH3 is 1. The Bertz CT molecular complexity index is 1730. The molecular formula is C29H25FN4O5. The van der Waals surface area contributed by atoms with Gasteiger partial charge in [-0.3, -0.25) is 10.1 Å². The zero-order chi connectivity index (χ0) is 27.1. The van der Waals surface area contributed by atoms with E-state index in [2.05, 4.69) is 15.2 Å². The van der Waals surface area contributed by atoms with Gasteiger partial charge in [-0.15, -0.1) is 0 Å². The fourth-order valence-electron chi connectivity index (χ4n) is 5.14. The summed E-state index contributed by atoms with van der Waals surface area (Å²) >= 11 is 0. The SMILES string of the molecule is COc1cc(Oc2nc(C3CCOCC3)c(-c3ccnc(C)c3)c3cc4cn[nH]c4cc23)c(F)cc1C(=O)O. The Morgan fingerprint density at radius 2 is 1.95 bits per heavy atom. The number of hydrogen-bond acceptors (Lipinski definition) is 7. The van der Waals surface area contributed by atoms with Gasteiger partial charge in [-0.1, -0.05) is 0 Å². The van der Waals surface area contributed by atoms with Crippen LogP contribution in [0.1, 0.15) is 40.5 Å². The van der Waals surface area contributed by atoms with Crippen molar-refractivity contribution in [2.75, 3.05) is 20.3 Å². The number of halogens is 1. The van der Waals surface area contributed by atoms with Crippen molar-refractivity contribution >= 4 is 27.6 Å².